The van der Waals surface area contributed by atoms with Crippen LogP contribution < -0.4 is 10.1 Å². The molecule has 1 rings (SSSR count). The van der Waals surface area contributed by atoms with Gasteiger partial charge in [-0.2, -0.15) is 0 Å². The number of phenolic OH excluding ortho intramolecular Hbond substituents is 1. The summed E-state index contributed by atoms with van der Waals surface area (Å²) >= 11 is 0. The third kappa shape index (κ3) is 8.12. The number of hydrogen-bond donors (Lipinski definition) is 2. The molecule has 0 aliphatic rings. The summed E-state index contributed by atoms with van der Waals surface area (Å²) in [5, 5.41) is 12.1. The molecular weight excluding hydrogens is 202 g/mol. The maximum absolute atomic E-state index is 8.86. The van der Waals surface area contributed by atoms with Gasteiger partial charge in [0.25, 0.3) is 0 Å². The highest BCUT2D eigenvalue weighted by Gasteiger charge is 1.88. The fourth-order valence-electron chi connectivity index (χ4n) is 1.09. The van der Waals surface area contributed by atoms with E-state index in [4.69, 9.17) is 9.84 Å². The van der Waals surface area contributed by atoms with Crippen molar-refractivity contribution in [2.45, 2.75) is 26.7 Å². The van der Waals surface area contributed by atoms with Crippen LogP contribution in [0.4, 0.5) is 0 Å². The van der Waals surface area contributed by atoms with Crippen molar-refractivity contribution in [3.63, 3.8) is 0 Å². The van der Waals surface area contributed by atoms with Gasteiger partial charge in [0.15, 0.2) is 0 Å². The lowest BCUT2D eigenvalue weighted by Crippen LogP contribution is -2.13. The SMILES string of the molecule is CCCCNCC.COc1cccc(O)c1. The summed E-state index contributed by atoms with van der Waals surface area (Å²) in [5.41, 5.74) is 0. The molecule has 0 spiro atoms. The molecule has 0 amide bonds. The summed E-state index contributed by atoms with van der Waals surface area (Å²) in [6, 6.07) is 6.66. The van der Waals surface area contributed by atoms with Crippen LogP contribution >= 0.6 is 0 Å². The van der Waals surface area contributed by atoms with E-state index in [1.807, 2.05) is 0 Å². The minimum Gasteiger partial charge on any atom is -0.508 e. The van der Waals surface area contributed by atoms with Gasteiger partial charge in [0.1, 0.15) is 11.5 Å². The van der Waals surface area contributed by atoms with Crippen LogP contribution in [-0.4, -0.2) is 25.3 Å². The van der Waals surface area contributed by atoms with E-state index >= 15 is 0 Å². The minimum absolute atomic E-state index is 0.231. The molecule has 1 aromatic rings. The van der Waals surface area contributed by atoms with Crippen molar-refractivity contribution < 1.29 is 9.84 Å². The number of benzene rings is 1. The smallest absolute Gasteiger partial charge is 0.122 e. The first-order valence-electron chi connectivity index (χ1n) is 5.78. The lowest BCUT2D eigenvalue weighted by molar-refractivity contribution is 0.407. The Morgan fingerprint density at radius 3 is 2.50 bits per heavy atom. The van der Waals surface area contributed by atoms with Crippen LogP contribution in [-0.2, 0) is 0 Å². The van der Waals surface area contributed by atoms with Crippen LogP contribution in [0, 0.1) is 0 Å². The first-order chi connectivity index (χ1) is 7.74. The Kier molecular flexibility index (Phi) is 9.52. The maximum atomic E-state index is 8.86. The Morgan fingerprint density at radius 1 is 1.31 bits per heavy atom. The summed E-state index contributed by atoms with van der Waals surface area (Å²) in [6.45, 7) is 6.64. The minimum atomic E-state index is 0.231. The normalized spacial score (nSPS) is 9.19. The molecule has 0 saturated carbocycles. The number of aromatic hydroxyl groups is 1. The fourth-order valence-corrected chi connectivity index (χ4v) is 1.09. The number of methoxy groups -OCH3 is 1. The van der Waals surface area contributed by atoms with E-state index in [2.05, 4.69) is 19.2 Å². The second-order valence-corrected chi connectivity index (χ2v) is 3.41. The molecule has 0 unspecified atom stereocenters. The summed E-state index contributed by atoms with van der Waals surface area (Å²) in [5.74, 6) is 0.907. The van der Waals surface area contributed by atoms with E-state index in [1.54, 1.807) is 31.4 Å². The zero-order chi connectivity index (χ0) is 12.2. The van der Waals surface area contributed by atoms with Crippen molar-refractivity contribution >= 4 is 0 Å². The molecule has 2 N–H and O–H groups in total. The summed E-state index contributed by atoms with van der Waals surface area (Å²) in [6.07, 6.45) is 2.61. The molecule has 0 heterocycles. The molecule has 16 heavy (non-hydrogen) atoms. The van der Waals surface area contributed by atoms with Gasteiger partial charge in [-0.25, -0.2) is 0 Å². The van der Waals surface area contributed by atoms with Gasteiger partial charge in [-0.15, -0.1) is 0 Å². The van der Waals surface area contributed by atoms with Crippen LogP contribution in [0.1, 0.15) is 26.7 Å². The Balaban J connectivity index is 0.000000293. The molecule has 0 bridgehead atoms. The number of hydrogen-bond acceptors (Lipinski definition) is 3. The Bertz CT molecular complexity index is 260. The van der Waals surface area contributed by atoms with E-state index in [1.165, 1.54) is 19.4 Å². The van der Waals surface area contributed by atoms with E-state index in [0.29, 0.717) is 5.75 Å². The zero-order valence-electron chi connectivity index (χ0n) is 10.5. The monoisotopic (exact) mass is 225 g/mol. The van der Waals surface area contributed by atoms with Crippen LogP contribution in [0.5, 0.6) is 11.5 Å². The summed E-state index contributed by atoms with van der Waals surface area (Å²) in [4.78, 5) is 0. The largest absolute Gasteiger partial charge is 0.508 e. The fraction of sp³-hybridized carbons (Fsp3) is 0.538. The lowest BCUT2D eigenvalue weighted by atomic mass is 10.3. The predicted molar refractivity (Wildman–Crippen MR) is 68.1 cm³/mol. The van der Waals surface area contributed by atoms with E-state index in [0.717, 1.165) is 6.54 Å². The van der Waals surface area contributed by atoms with Crippen molar-refractivity contribution in [2.24, 2.45) is 0 Å². The molecule has 0 radical (unpaired) electrons. The molecule has 3 heteroatoms. The molecule has 0 saturated heterocycles. The van der Waals surface area contributed by atoms with E-state index in [9.17, 15) is 0 Å². The van der Waals surface area contributed by atoms with Crippen LogP contribution in [0.2, 0.25) is 0 Å². The quantitative estimate of drug-likeness (QED) is 0.757. The van der Waals surface area contributed by atoms with Gasteiger partial charge in [-0.1, -0.05) is 26.3 Å². The van der Waals surface area contributed by atoms with Crippen LogP contribution in [0.25, 0.3) is 0 Å². The zero-order valence-corrected chi connectivity index (χ0v) is 10.5. The Hall–Kier alpha value is -1.22. The number of unbranched alkanes of at least 4 members (excludes halogenated alkanes) is 1. The van der Waals surface area contributed by atoms with Crippen molar-refractivity contribution in [3.8, 4) is 11.5 Å². The summed E-state index contributed by atoms with van der Waals surface area (Å²) < 4.78 is 4.84. The first-order valence-corrected chi connectivity index (χ1v) is 5.78. The van der Waals surface area contributed by atoms with Crippen LogP contribution in [0.15, 0.2) is 24.3 Å². The van der Waals surface area contributed by atoms with Gasteiger partial charge in [0.2, 0.25) is 0 Å². The first kappa shape index (κ1) is 14.8. The third-order valence-electron chi connectivity index (χ3n) is 2.01. The van der Waals surface area contributed by atoms with E-state index < -0.39 is 0 Å². The average molecular weight is 225 g/mol. The van der Waals surface area contributed by atoms with Crippen molar-refractivity contribution in [3.05, 3.63) is 24.3 Å². The summed E-state index contributed by atoms with van der Waals surface area (Å²) in [7, 11) is 1.56. The average Bonchev–Trinajstić information content (AvgIpc) is 2.31. The van der Waals surface area contributed by atoms with Crippen molar-refractivity contribution in [2.75, 3.05) is 20.2 Å². The molecule has 0 aliphatic carbocycles. The number of phenols is 1. The Labute approximate surface area is 98.4 Å². The molecule has 0 fully saturated rings. The topological polar surface area (TPSA) is 41.5 Å². The highest BCUT2D eigenvalue weighted by atomic mass is 16.5. The van der Waals surface area contributed by atoms with Crippen LogP contribution in [0.3, 0.4) is 0 Å². The van der Waals surface area contributed by atoms with Crippen molar-refractivity contribution in [1.29, 1.82) is 0 Å². The molecule has 0 aliphatic heterocycles. The van der Waals surface area contributed by atoms with Gasteiger partial charge >= 0.3 is 0 Å². The van der Waals surface area contributed by atoms with E-state index in [-0.39, 0.29) is 5.75 Å². The lowest BCUT2D eigenvalue weighted by Gasteiger charge is -1.97. The van der Waals surface area contributed by atoms with Gasteiger partial charge in [0.05, 0.1) is 7.11 Å². The Morgan fingerprint density at radius 2 is 2.06 bits per heavy atom. The molecule has 0 atom stereocenters. The molecule has 1 aromatic carbocycles. The second-order valence-electron chi connectivity index (χ2n) is 3.41. The van der Waals surface area contributed by atoms with Crippen molar-refractivity contribution in [1.82, 2.24) is 5.32 Å². The highest BCUT2D eigenvalue weighted by molar-refractivity contribution is 5.31. The van der Waals surface area contributed by atoms with Gasteiger partial charge in [-0.3, -0.25) is 0 Å². The third-order valence-corrected chi connectivity index (χ3v) is 2.01. The molecule has 92 valence electrons. The second kappa shape index (κ2) is 10.3. The highest BCUT2D eigenvalue weighted by Crippen LogP contribution is 2.16. The number of rotatable bonds is 5. The number of nitrogens with one attached hydrogen (secondary N) is 1. The van der Waals surface area contributed by atoms with Gasteiger partial charge in [-0.05, 0) is 31.6 Å². The van der Waals surface area contributed by atoms with Gasteiger partial charge < -0.3 is 15.2 Å². The molecular formula is C13H23NO2. The maximum Gasteiger partial charge on any atom is 0.122 e. The molecule has 3 nitrogen and oxygen atoms in total. The molecule has 0 aromatic heterocycles. The van der Waals surface area contributed by atoms with Gasteiger partial charge in [0, 0.05) is 6.07 Å². The predicted octanol–water partition coefficient (Wildman–Crippen LogP) is 2.80. The standard InChI is InChI=1S/C7H8O2.C6H15N/c1-9-7-4-2-3-6(8)5-7;1-3-5-6-7-4-2/h2-5,8H,1H3;7H,3-6H2,1-2H3. The number of ether oxygens (including phenoxy) is 1.